The zero-order valence-corrected chi connectivity index (χ0v) is 33.7. The summed E-state index contributed by atoms with van der Waals surface area (Å²) >= 11 is 0. The van der Waals surface area contributed by atoms with Crippen LogP contribution in [0.4, 0.5) is 5.82 Å². The number of aliphatic hydroxyl groups is 12. The Morgan fingerprint density at radius 2 is 1.50 bits per heavy atom. The van der Waals surface area contributed by atoms with Gasteiger partial charge in [0.2, 0.25) is 11.8 Å². The van der Waals surface area contributed by atoms with E-state index in [1.807, 2.05) is 0 Å². The Bertz CT molecular complexity index is 1590. The first-order valence-electron chi connectivity index (χ1n) is 19.5. The largest absolute Gasteiger partial charge is 0.477 e. The fraction of sp³-hybridized carbons (Fsp3) is 0.778. The van der Waals surface area contributed by atoms with Crippen molar-refractivity contribution in [3.63, 3.8) is 0 Å². The average molecular weight is 899 g/mol. The predicted molar refractivity (Wildman–Crippen MR) is 201 cm³/mol. The molecule has 0 bridgehead atoms. The quantitative estimate of drug-likeness (QED) is 0.0578. The highest BCUT2D eigenvalue weighted by molar-refractivity contribution is 5.76. The van der Waals surface area contributed by atoms with E-state index in [2.05, 4.69) is 20.9 Å². The summed E-state index contributed by atoms with van der Waals surface area (Å²) < 4.78 is 34.7. The average Bonchev–Trinajstić information content (AvgIpc) is 3.23. The highest BCUT2D eigenvalue weighted by Gasteiger charge is 2.60. The summed E-state index contributed by atoms with van der Waals surface area (Å²) in [4.78, 5) is 41.7. The summed E-state index contributed by atoms with van der Waals surface area (Å²) in [5.74, 6) is -6.41. The Hall–Kier alpha value is -3.36. The molecule has 4 rings (SSSR count). The van der Waals surface area contributed by atoms with Crippen LogP contribution in [0.25, 0.3) is 0 Å². The van der Waals surface area contributed by atoms with E-state index in [9.17, 15) is 80.8 Å². The summed E-state index contributed by atoms with van der Waals surface area (Å²) in [5.41, 5.74) is 0. The number of carboxylic acid groups (broad SMARTS) is 1. The molecule has 0 aliphatic carbocycles. The number of carbonyl (C=O) groups is 3. The summed E-state index contributed by atoms with van der Waals surface area (Å²) in [7, 11) is 0. The van der Waals surface area contributed by atoms with Gasteiger partial charge in [0.25, 0.3) is 5.79 Å². The van der Waals surface area contributed by atoms with Gasteiger partial charge < -0.3 is 111 Å². The number of hydrogen-bond acceptors (Lipinski definition) is 23. The number of carbonyl (C=O) groups excluding carboxylic acids is 2. The first-order valence-corrected chi connectivity index (χ1v) is 19.5. The van der Waals surface area contributed by atoms with Crippen molar-refractivity contribution in [2.45, 2.75) is 149 Å². The second-order valence-corrected chi connectivity index (χ2v) is 15.2. The number of anilines is 1. The monoisotopic (exact) mass is 898 g/mol. The minimum atomic E-state index is -3.15. The molecule has 26 heteroatoms. The second-order valence-electron chi connectivity index (χ2n) is 15.2. The molecule has 26 nitrogen and oxygen atoms in total. The number of carboxylic acids is 1. The van der Waals surface area contributed by atoms with Crippen LogP contribution in [0.15, 0.2) is 24.4 Å². The number of nitrogens with zero attached hydrogens (tertiary/aromatic N) is 1. The zero-order chi connectivity index (χ0) is 46.2. The van der Waals surface area contributed by atoms with Gasteiger partial charge in [0, 0.05) is 33.0 Å². The SMILES string of the molecule is CC(=O)N[C@H]1[C@H]([C@H](O)[C@H](O)CO)O[C@@](O[C@H]2[C@@H](O)[C@@H](CO)O[C@@H](O[C@@H]([C@H](O[C@@H]3O[C@@H](C)[C@@H](O)[C@@H](O)[C@@H]3O)[C@H](CNc3ccccn3)NC(C)=O)[C@H](O)CO)[C@@H]2O)(C(=O)O)C[C@@H]1O. The van der Waals surface area contributed by atoms with Gasteiger partial charge in [-0.05, 0) is 19.1 Å². The number of aromatic nitrogens is 1. The topological polar surface area (TPSA) is 419 Å². The standard InChI is InChI=1S/C36H58N4O22/c1-13-23(49)26(52)27(53)33(57-13)59-29(16(39-14(2)44)9-38-21-6-4-5-7-37-21)30(19(48)11-42)60-34-28(54)32(25(51)20(12-43)58-34)62-36(35(55)56)8-17(46)22(40-15(3)45)31(61-36)24(50)18(47)10-41/h4-7,13,16-20,22-34,41-43,46-54H,8-12H2,1-3H3,(H,37,38)(H,39,44)(H,40,45)(H,55,56)/t13-,16-,17-,18+,19+,20+,22+,23+,24+,25-,26+,27-,28+,29+,30+,31+,32-,33-,34-,36-/m0/s1. The van der Waals surface area contributed by atoms with Crippen molar-refractivity contribution in [2.24, 2.45) is 0 Å². The van der Waals surface area contributed by atoms with Crippen molar-refractivity contribution < 1.29 is 109 Å². The first kappa shape index (κ1) is 51.3. The fourth-order valence-electron chi connectivity index (χ4n) is 7.29. The van der Waals surface area contributed by atoms with Crippen molar-refractivity contribution in [2.75, 3.05) is 31.7 Å². The number of ether oxygens (including phenoxy) is 6. The van der Waals surface area contributed by atoms with Crippen LogP contribution in [-0.4, -0.2) is 238 Å². The van der Waals surface area contributed by atoms with Crippen LogP contribution in [0.1, 0.15) is 27.2 Å². The second kappa shape index (κ2) is 22.5. The maximum atomic E-state index is 13.0. The highest BCUT2D eigenvalue weighted by Crippen LogP contribution is 2.38. The Morgan fingerprint density at radius 3 is 2.06 bits per heavy atom. The molecule has 16 N–H and O–H groups in total. The smallest absolute Gasteiger partial charge is 0.364 e. The number of amides is 2. The minimum absolute atomic E-state index is 0.264. The molecule has 4 heterocycles. The van der Waals surface area contributed by atoms with Crippen LogP contribution in [0, 0.1) is 0 Å². The third-order valence-corrected chi connectivity index (χ3v) is 10.6. The number of nitrogens with one attached hydrogen (secondary N) is 3. The molecule has 3 fully saturated rings. The molecule has 3 aliphatic heterocycles. The summed E-state index contributed by atoms with van der Waals surface area (Å²) in [5, 5.41) is 147. The van der Waals surface area contributed by atoms with Crippen LogP contribution in [0.3, 0.4) is 0 Å². The molecule has 0 saturated carbocycles. The molecule has 0 unspecified atom stereocenters. The van der Waals surface area contributed by atoms with E-state index >= 15 is 0 Å². The predicted octanol–water partition coefficient (Wildman–Crippen LogP) is -8.08. The van der Waals surface area contributed by atoms with E-state index < -0.39 is 166 Å². The van der Waals surface area contributed by atoms with E-state index in [4.69, 9.17) is 28.4 Å². The minimum Gasteiger partial charge on any atom is -0.477 e. The Kier molecular flexibility index (Phi) is 18.6. The Balaban J connectivity index is 1.76. The van der Waals surface area contributed by atoms with Crippen molar-refractivity contribution >= 4 is 23.6 Å². The Morgan fingerprint density at radius 1 is 0.855 bits per heavy atom. The van der Waals surface area contributed by atoms with Crippen molar-refractivity contribution in [3.8, 4) is 0 Å². The van der Waals surface area contributed by atoms with Gasteiger partial charge in [-0.3, -0.25) is 9.59 Å². The van der Waals surface area contributed by atoms with Gasteiger partial charge in [-0.15, -0.1) is 0 Å². The van der Waals surface area contributed by atoms with E-state index in [1.54, 1.807) is 18.2 Å². The van der Waals surface area contributed by atoms with Gasteiger partial charge in [-0.1, -0.05) is 6.07 Å². The van der Waals surface area contributed by atoms with Crippen LogP contribution < -0.4 is 16.0 Å². The molecule has 0 aromatic carbocycles. The molecule has 2 amide bonds. The molecule has 3 saturated heterocycles. The highest BCUT2D eigenvalue weighted by atomic mass is 16.8. The summed E-state index contributed by atoms with van der Waals surface area (Å²) in [6.07, 6.45) is -33.0. The Labute approximate surface area is 353 Å². The maximum absolute atomic E-state index is 13.0. The van der Waals surface area contributed by atoms with Crippen molar-refractivity contribution in [1.29, 1.82) is 0 Å². The van der Waals surface area contributed by atoms with Gasteiger partial charge in [-0.2, -0.15) is 0 Å². The van der Waals surface area contributed by atoms with E-state index in [0.717, 1.165) is 13.8 Å². The third-order valence-electron chi connectivity index (χ3n) is 10.6. The lowest BCUT2D eigenvalue weighted by atomic mass is 9.88. The fourth-order valence-corrected chi connectivity index (χ4v) is 7.29. The molecule has 354 valence electrons. The molecule has 0 radical (unpaired) electrons. The molecule has 62 heavy (non-hydrogen) atoms. The third kappa shape index (κ3) is 12.0. The van der Waals surface area contributed by atoms with Gasteiger partial charge in [0.05, 0.1) is 44.1 Å². The normalized spacial score (nSPS) is 36.9. The number of rotatable bonds is 20. The number of aliphatic hydroxyl groups excluding tert-OH is 12. The van der Waals surface area contributed by atoms with Gasteiger partial charge >= 0.3 is 5.97 Å². The number of hydrogen-bond donors (Lipinski definition) is 16. The molecular weight excluding hydrogens is 840 g/mol. The maximum Gasteiger partial charge on any atom is 0.364 e. The van der Waals surface area contributed by atoms with E-state index in [-0.39, 0.29) is 12.4 Å². The lowest BCUT2D eigenvalue weighted by Crippen LogP contribution is -2.70. The van der Waals surface area contributed by atoms with Gasteiger partial charge in [-0.25, -0.2) is 9.78 Å². The zero-order valence-electron chi connectivity index (χ0n) is 33.7. The van der Waals surface area contributed by atoms with Gasteiger partial charge in [0.15, 0.2) is 12.6 Å². The molecule has 1 aromatic rings. The first-order chi connectivity index (χ1) is 29.2. The van der Waals surface area contributed by atoms with Crippen LogP contribution in [0.2, 0.25) is 0 Å². The lowest BCUT2D eigenvalue weighted by molar-refractivity contribution is -0.380. The summed E-state index contributed by atoms with van der Waals surface area (Å²) in [6, 6.07) is 1.78. The van der Waals surface area contributed by atoms with Crippen LogP contribution >= 0.6 is 0 Å². The molecule has 3 aliphatic rings. The molecular formula is C36H58N4O22. The van der Waals surface area contributed by atoms with Crippen molar-refractivity contribution in [3.05, 3.63) is 24.4 Å². The number of aliphatic carboxylic acids is 1. The molecule has 0 spiro atoms. The van der Waals surface area contributed by atoms with Gasteiger partial charge in [0.1, 0.15) is 85.2 Å². The number of pyridine rings is 1. The van der Waals surface area contributed by atoms with Crippen LogP contribution in [-0.2, 0) is 42.8 Å². The summed E-state index contributed by atoms with van der Waals surface area (Å²) in [6.45, 7) is -0.184. The van der Waals surface area contributed by atoms with Crippen LogP contribution in [0.5, 0.6) is 0 Å². The van der Waals surface area contributed by atoms with Crippen molar-refractivity contribution in [1.82, 2.24) is 15.6 Å². The molecule has 20 atom stereocenters. The van der Waals surface area contributed by atoms with E-state index in [1.165, 1.54) is 13.1 Å². The lowest BCUT2D eigenvalue weighted by Gasteiger charge is -2.50. The van der Waals surface area contributed by atoms with E-state index in [0.29, 0.717) is 0 Å². The molecule has 1 aromatic heterocycles.